The van der Waals surface area contributed by atoms with Gasteiger partial charge in [0.05, 0.1) is 6.61 Å². The Bertz CT molecular complexity index is 590. The van der Waals surface area contributed by atoms with Gasteiger partial charge in [0.2, 0.25) is 0 Å². The van der Waals surface area contributed by atoms with Crippen LogP contribution in [-0.4, -0.2) is 17.7 Å². The van der Waals surface area contributed by atoms with Gasteiger partial charge in [-0.1, -0.05) is 12.1 Å². The van der Waals surface area contributed by atoms with Crippen molar-refractivity contribution in [3.05, 3.63) is 35.5 Å². The largest absolute Gasteiger partial charge is 0.494 e. The summed E-state index contributed by atoms with van der Waals surface area (Å²) in [6.07, 6.45) is 0.959. The summed E-state index contributed by atoms with van der Waals surface area (Å²) >= 11 is 0. The Labute approximate surface area is 116 Å². The van der Waals surface area contributed by atoms with E-state index >= 15 is 0 Å². The van der Waals surface area contributed by atoms with Crippen molar-refractivity contribution < 1.29 is 14.1 Å². The number of nitrogens with two attached hydrogens (primary N) is 1. The van der Waals surface area contributed by atoms with Crippen LogP contribution in [0.15, 0.2) is 28.8 Å². The molecule has 0 aliphatic rings. The molecule has 1 aromatic carbocycles. The van der Waals surface area contributed by atoms with Gasteiger partial charge in [0, 0.05) is 11.1 Å². The van der Waals surface area contributed by atoms with Crippen LogP contribution in [0.2, 0.25) is 0 Å². The van der Waals surface area contributed by atoms with Gasteiger partial charge in [-0.15, -0.1) is 0 Å². The average molecular weight is 275 g/mol. The number of aromatic nitrogens is 1. The van der Waals surface area contributed by atoms with E-state index in [4.69, 9.17) is 15.1 Å². The number of rotatable bonds is 5. The predicted octanol–water partition coefficient (Wildman–Crippen LogP) is 2.04. The zero-order valence-electron chi connectivity index (χ0n) is 11.5. The van der Waals surface area contributed by atoms with Gasteiger partial charge in [0.1, 0.15) is 5.75 Å². The number of carbonyl (C=O) groups is 1. The maximum atomic E-state index is 11.5. The van der Waals surface area contributed by atoms with Gasteiger partial charge in [-0.3, -0.25) is 10.2 Å². The van der Waals surface area contributed by atoms with Crippen LogP contribution in [0.3, 0.4) is 0 Å². The quantitative estimate of drug-likeness (QED) is 0.495. The third-order valence-corrected chi connectivity index (χ3v) is 2.86. The summed E-state index contributed by atoms with van der Waals surface area (Å²) in [5.74, 6) is 5.96. The summed E-state index contributed by atoms with van der Waals surface area (Å²) in [6, 6.07) is 7.44. The molecular formula is C14H17N3O3. The first-order chi connectivity index (χ1) is 9.67. The minimum atomic E-state index is -0.472. The highest BCUT2D eigenvalue weighted by Crippen LogP contribution is 2.27. The van der Waals surface area contributed by atoms with Crippen molar-refractivity contribution >= 4 is 5.91 Å². The Morgan fingerprint density at radius 2 is 2.10 bits per heavy atom. The number of hydrogen-bond donors (Lipinski definition) is 2. The summed E-state index contributed by atoms with van der Waals surface area (Å²) < 4.78 is 10.7. The third kappa shape index (κ3) is 2.80. The van der Waals surface area contributed by atoms with Crippen molar-refractivity contribution in [2.75, 3.05) is 6.61 Å². The molecule has 0 saturated heterocycles. The van der Waals surface area contributed by atoms with E-state index in [-0.39, 0.29) is 5.69 Å². The Balaban J connectivity index is 2.24. The first kappa shape index (κ1) is 14.1. The van der Waals surface area contributed by atoms with Crippen molar-refractivity contribution in [2.24, 2.45) is 5.84 Å². The van der Waals surface area contributed by atoms with Crippen LogP contribution < -0.4 is 16.0 Å². The van der Waals surface area contributed by atoms with E-state index in [1.165, 1.54) is 0 Å². The van der Waals surface area contributed by atoms with E-state index < -0.39 is 5.91 Å². The maximum absolute atomic E-state index is 11.5. The van der Waals surface area contributed by atoms with Gasteiger partial charge in [0.25, 0.3) is 5.91 Å². The molecule has 1 amide bonds. The Kier molecular flexibility index (Phi) is 4.37. The second-order valence-electron chi connectivity index (χ2n) is 4.33. The van der Waals surface area contributed by atoms with Crippen LogP contribution in [0.5, 0.6) is 5.75 Å². The van der Waals surface area contributed by atoms with E-state index in [0.29, 0.717) is 17.9 Å². The second-order valence-corrected chi connectivity index (χ2v) is 4.33. The van der Waals surface area contributed by atoms with Crippen LogP contribution in [0.25, 0.3) is 11.3 Å². The molecule has 0 fully saturated rings. The standard InChI is InChI=1S/C14H17N3O3/c1-3-8-19-11-6-4-10(5-7-11)13-9(2)12(17-20-13)14(18)16-15/h4-7H,3,8,15H2,1-2H3,(H,16,18). The molecule has 0 unspecified atom stereocenters. The predicted molar refractivity (Wildman–Crippen MR) is 74.1 cm³/mol. The summed E-state index contributed by atoms with van der Waals surface area (Å²) in [6.45, 7) is 4.50. The molecule has 20 heavy (non-hydrogen) atoms. The van der Waals surface area contributed by atoms with Crippen LogP contribution in [0.1, 0.15) is 29.4 Å². The summed E-state index contributed by atoms with van der Waals surface area (Å²) in [4.78, 5) is 11.5. The number of nitrogen functional groups attached to an aromatic ring is 1. The Morgan fingerprint density at radius 3 is 2.70 bits per heavy atom. The molecule has 2 rings (SSSR count). The molecule has 106 valence electrons. The molecule has 1 aromatic heterocycles. The molecule has 6 heteroatoms. The number of hydrogen-bond acceptors (Lipinski definition) is 5. The maximum Gasteiger partial charge on any atom is 0.287 e. The van der Waals surface area contributed by atoms with Gasteiger partial charge >= 0.3 is 0 Å². The number of nitrogens with zero attached hydrogens (tertiary/aromatic N) is 1. The van der Waals surface area contributed by atoms with Gasteiger partial charge in [-0.2, -0.15) is 0 Å². The molecular weight excluding hydrogens is 258 g/mol. The lowest BCUT2D eigenvalue weighted by molar-refractivity contribution is 0.0944. The fourth-order valence-electron chi connectivity index (χ4n) is 1.81. The smallest absolute Gasteiger partial charge is 0.287 e. The summed E-state index contributed by atoms with van der Waals surface area (Å²) in [5.41, 5.74) is 3.70. The SMILES string of the molecule is CCCOc1ccc(-c2onc(C(=O)NN)c2C)cc1. The monoisotopic (exact) mass is 275 g/mol. The summed E-state index contributed by atoms with van der Waals surface area (Å²) in [5, 5.41) is 3.74. The molecule has 3 N–H and O–H groups in total. The lowest BCUT2D eigenvalue weighted by Crippen LogP contribution is -2.30. The highest BCUT2D eigenvalue weighted by atomic mass is 16.5. The molecule has 6 nitrogen and oxygen atoms in total. The van der Waals surface area contributed by atoms with Gasteiger partial charge in [-0.05, 0) is 37.6 Å². The van der Waals surface area contributed by atoms with Crippen molar-refractivity contribution in [1.29, 1.82) is 0 Å². The van der Waals surface area contributed by atoms with E-state index in [1.807, 2.05) is 29.7 Å². The normalized spacial score (nSPS) is 10.3. The van der Waals surface area contributed by atoms with Gasteiger partial charge in [-0.25, -0.2) is 5.84 Å². The topological polar surface area (TPSA) is 90.4 Å². The van der Waals surface area contributed by atoms with Crippen molar-refractivity contribution in [3.8, 4) is 17.1 Å². The highest BCUT2D eigenvalue weighted by molar-refractivity contribution is 5.94. The second kappa shape index (κ2) is 6.21. The van der Waals surface area contributed by atoms with Gasteiger partial charge < -0.3 is 9.26 Å². The van der Waals surface area contributed by atoms with Gasteiger partial charge in [0.15, 0.2) is 11.5 Å². The van der Waals surface area contributed by atoms with Crippen molar-refractivity contribution in [2.45, 2.75) is 20.3 Å². The van der Waals surface area contributed by atoms with Crippen LogP contribution >= 0.6 is 0 Å². The number of benzene rings is 1. The van der Waals surface area contributed by atoms with E-state index in [2.05, 4.69) is 12.1 Å². The van der Waals surface area contributed by atoms with Crippen LogP contribution in [0.4, 0.5) is 0 Å². The minimum absolute atomic E-state index is 0.189. The lowest BCUT2D eigenvalue weighted by Gasteiger charge is -2.04. The molecule has 2 aromatic rings. The van der Waals surface area contributed by atoms with Crippen molar-refractivity contribution in [3.63, 3.8) is 0 Å². The molecule has 0 aliphatic heterocycles. The van der Waals surface area contributed by atoms with Crippen LogP contribution in [-0.2, 0) is 0 Å². The summed E-state index contributed by atoms with van der Waals surface area (Å²) in [7, 11) is 0. The number of amides is 1. The molecule has 0 bridgehead atoms. The molecule has 0 spiro atoms. The first-order valence-corrected chi connectivity index (χ1v) is 6.37. The van der Waals surface area contributed by atoms with Crippen molar-refractivity contribution in [1.82, 2.24) is 10.6 Å². The van der Waals surface area contributed by atoms with E-state index in [0.717, 1.165) is 17.7 Å². The zero-order chi connectivity index (χ0) is 14.5. The fourth-order valence-corrected chi connectivity index (χ4v) is 1.81. The highest BCUT2D eigenvalue weighted by Gasteiger charge is 2.18. The fraction of sp³-hybridized carbons (Fsp3) is 0.286. The number of carbonyl (C=O) groups excluding carboxylic acids is 1. The third-order valence-electron chi connectivity index (χ3n) is 2.86. The average Bonchev–Trinajstić information content (AvgIpc) is 2.86. The van der Waals surface area contributed by atoms with E-state index in [9.17, 15) is 4.79 Å². The zero-order valence-corrected chi connectivity index (χ0v) is 11.5. The molecule has 0 saturated carbocycles. The van der Waals surface area contributed by atoms with E-state index in [1.54, 1.807) is 6.92 Å². The number of ether oxygens (including phenoxy) is 1. The lowest BCUT2D eigenvalue weighted by atomic mass is 10.1. The first-order valence-electron chi connectivity index (χ1n) is 6.37. The Morgan fingerprint density at radius 1 is 1.40 bits per heavy atom. The molecule has 0 radical (unpaired) electrons. The number of nitrogens with one attached hydrogen (secondary N) is 1. The molecule has 0 atom stereocenters. The van der Waals surface area contributed by atoms with Crippen LogP contribution in [0, 0.1) is 6.92 Å². The molecule has 1 heterocycles. The Hall–Kier alpha value is -2.34. The molecule has 0 aliphatic carbocycles. The minimum Gasteiger partial charge on any atom is -0.494 e. The number of hydrazine groups is 1.